The standard InChI is InChI=1S/C19H23N3O6/c1-5-15-18(12(2)28-21-15)19(25)27-11-17(24)22(3)10-16(23)20-13-7-6-8-14(9-13)26-4/h6-9H,5,10-11H2,1-4H3,(H,20,23). The molecule has 0 unspecified atom stereocenters. The Hall–Kier alpha value is -3.36. The maximum atomic E-state index is 12.2. The molecule has 1 aromatic carbocycles. The lowest BCUT2D eigenvalue weighted by Gasteiger charge is -2.17. The summed E-state index contributed by atoms with van der Waals surface area (Å²) in [7, 11) is 2.97. The van der Waals surface area contributed by atoms with Crippen molar-refractivity contribution in [3.8, 4) is 5.75 Å². The molecule has 28 heavy (non-hydrogen) atoms. The number of amides is 2. The fourth-order valence-electron chi connectivity index (χ4n) is 2.44. The van der Waals surface area contributed by atoms with E-state index in [0.717, 1.165) is 0 Å². The van der Waals surface area contributed by atoms with E-state index >= 15 is 0 Å². The van der Waals surface area contributed by atoms with Crippen molar-refractivity contribution >= 4 is 23.5 Å². The molecule has 2 aromatic rings. The average Bonchev–Trinajstić information content (AvgIpc) is 3.06. The van der Waals surface area contributed by atoms with Crippen LogP contribution in [0.2, 0.25) is 0 Å². The summed E-state index contributed by atoms with van der Waals surface area (Å²) in [6, 6.07) is 6.85. The van der Waals surface area contributed by atoms with Gasteiger partial charge in [-0.2, -0.15) is 0 Å². The van der Waals surface area contributed by atoms with E-state index in [9.17, 15) is 14.4 Å². The highest BCUT2D eigenvalue weighted by Gasteiger charge is 2.22. The summed E-state index contributed by atoms with van der Waals surface area (Å²) in [6.07, 6.45) is 0.500. The molecule has 2 amide bonds. The van der Waals surface area contributed by atoms with Gasteiger partial charge in [-0.15, -0.1) is 0 Å². The van der Waals surface area contributed by atoms with Crippen molar-refractivity contribution in [1.82, 2.24) is 10.1 Å². The zero-order valence-electron chi connectivity index (χ0n) is 16.3. The van der Waals surface area contributed by atoms with Crippen molar-refractivity contribution in [2.45, 2.75) is 20.3 Å². The summed E-state index contributed by atoms with van der Waals surface area (Å²) in [6.45, 7) is 2.74. The van der Waals surface area contributed by atoms with E-state index in [-0.39, 0.29) is 12.1 Å². The number of anilines is 1. The van der Waals surface area contributed by atoms with E-state index in [1.807, 2.05) is 6.92 Å². The Kier molecular flexibility index (Phi) is 7.14. The summed E-state index contributed by atoms with van der Waals surface area (Å²) in [4.78, 5) is 37.6. The third-order valence-electron chi connectivity index (χ3n) is 3.96. The highest BCUT2D eigenvalue weighted by Crippen LogP contribution is 2.17. The van der Waals surface area contributed by atoms with Gasteiger partial charge in [-0.25, -0.2) is 4.79 Å². The van der Waals surface area contributed by atoms with Crippen LogP contribution < -0.4 is 10.1 Å². The van der Waals surface area contributed by atoms with Crippen molar-refractivity contribution in [2.75, 3.05) is 32.6 Å². The third-order valence-corrected chi connectivity index (χ3v) is 3.96. The van der Waals surface area contributed by atoms with Crippen molar-refractivity contribution in [3.05, 3.63) is 41.3 Å². The van der Waals surface area contributed by atoms with Crippen LogP contribution in [0.15, 0.2) is 28.8 Å². The molecule has 0 atom stereocenters. The summed E-state index contributed by atoms with van der Waals surface area (Å²) in [5.41, 5.74) is 1.25. The van der Waals surface area contributed by atoms with Gasteiger partial charge in [0.25, 0.3) is 5.91 Å². The molecule has 0 aliphatic rings. The van der Waals surface area contributed by atoms with Crippen molar-refractivity contribution in [3.63, 3.8) is 0 Å². The van der Waals surface area contributed by atoms with Gasteiger partial charge in [0, 0.05) is 18.8 Å². The number of hydrogen-bond donors (Lipinski definition) is 1. The van der Waals surface area contributed by atoms with E-state index in [0.29, 0.717) is 29.3 Å². The fraction of sp³-hybridized carbons (Fsp3) is 0.368. The average molecular weight is 389 g/mol. The number of methoxy groups -OCH3 is 1. The number of nitrogens with zero attached hydrogens (tertiary/aromatic N) is 2. The number of likely N-dealkylation sites (N-methyl/N-ethyl adjacent to an activating group) is 1. The van der Waals surface area contributed by atoms with Crippen LogP contribution in [-0.2, 0) is 20.7 Å². The van der Waals surface area contributed by atoms with Gasteiger partial charge in [-0.05, 0) is 25.5 Å². The van der Waals surface area contributed by atoms with Gasteiger partial charge < -0.3 is 24.2 Å². The number of benzene rings is 1. The number of nitrogens with one attached hydrogen (secondary N) is 1. The second-order valence-corrected chi connectivity index (χ2v) is 6.02. The molecule has 0 aliphatic carbocycles. The zero-order chi connectivity index (χ0) is 20.7. The van der Waals surface area contributed by atoms with Crippen LogP contribution in [0.5, 0.6) is 5.75 Å². The number of aryl methyl sites for hydroxylation is 2. The monoisotopic (exact) mass is 389 g/mol. The Morgan fingerprint density at radius 1 is 1.29 bits per heavy atom. The van der Waals surface area contributed by atoms with Crippen LogP contribution in [-0.4, -0.2) is 55.1 Å². The Labute approximate surface area is 162 Å². The number of hydrogen-bond acceptors (Lipinski definition) is 7. The molecule has 0 fully saturated rings. The SMILES string of the molecule is CCc1noc(C)c1C(=O)OCC(=O)N(C)CC(=O)Nc1cccc(OC)c1. The molecule has 9 nitrogen and oxygen atoms in total. The summed E-state index contributed by atoms with van der Waals surface area (Å²) in [5.74, 6) is -0.650. The van der Waals surface area contributed by atoms with Crippen LogP contribution >= 0.6 is 0 Å². The third kappa shape index (κ3) is 5.32. The first-order chi connectivity index (χ1) is 13.3. The van der Waals surface area contributed by atoms with Gasteiger partial charge >= 0.3 is 5.97 Å². The molecule has 0 aliphatic heterocycles. The van der Waals surface area contributed by atoms with Crippen LogP contribution in [0.25, 0.3) is 0 Å². The largest absolute Gasteiger partial charge is 0.497 e. The molecule has 1 heterocycles. The van der Waals surface area contributed by atoms with E-state index in [1.54, 1.807) is 31.2 Å². The summed E-state index contributed by atoms with van der Waals surface area (Å²) < 4.78 is 15.1. The number of esters is 1. The second-order valence-electron chi connectivity index (χ2n) is 6.02. The molecular formula is C19H23N3O6. The Bertz CT molecular complexity index is 861. The summed E-state index contributed by atoms with van der Waals surface area (Å²) >= 11 is 0. The smallest absolute Gasteiger partial charge is 0.344 e. The van der Waals surface area contributed by atoms with E-state index in [1.165, 1.54) is 19.1 Å². The topological polar surface area (TPSA) is 111 Å². The quantitative estimate of drug-likeness (QED) is 0.685. The molecule has 1 N–H and O–H groups in total. The molecule has 0 bridgehead atoms. The predicted molar refractivity (Wildman–Crippen MR) is 100 cm³/mol. The Balaban J connectivity index is 1.85. The first kappa shape index (κ1) is 20.9. The number of rotatable bonds is 8. The minimum absolute atomic E-state index is 0.194. The van der Waals surface area contributed by atoms with Crippen molar-refractivity contribution in [2.24, 2.45) is 0 Å². The van der Waals surface area contributed by atoms with Gasteiger partial charge in [0.1, 0.15) is 17.1 Å². The zero-order valence-corrected chi connectivity index (χ0v) is 16.3. The van der Waals surface area contributed by atoms with Crippen LogP contribution in [0.3, 0.4) is 0 Å². The maximum absolute atomic E-state index is 12.2. The highest BCUT2D eigenvalue weighted by molar-refractivity contribution is 5.96. The van der Waals surface area contributed by atoms with Crippen LogP contribution in [0.4, 0.5) is 5.69 Å². The van der Waals surface area contributed by atoms with E-state index < -0.39 is 24.4 Å². The first-order valence-corrected chi connectivity index (χ1v) is 8.65. The van der Waals surface area contributed by atoms with Gasteiger partial charge in [0.2, 0.25) is 5.91 Å². The normalized spacial score (nSPS) is 10.3. The van der Waals surface area contributed by atoms with Crippen LogP contribution in [0.1, 0.15) is 28.7 Å². The molecule has 0 radical (unpaired) electrons. The number of carbonyl (C=O) groups excluding carboxylic acids is 3. The minimum atomic E-state index is -0.682. The lowest BCUT2D eigenvalue weighted by atomic mass is 10.1. The molecular weight excluding hydrogens is 366 g/mol. The first-order valence-electron chi connectivity index (χ1n) is 8.65. The van der Waals surface area contributed by atoms with E-state index in [2.05, 4.69) is 10.5 Å². The second kappa shape index (κ2) is 9.54. The number of ether oxygens (including phenoxy) is 2. The fourth-order valence-corrected chi connectivity index (χ4v) is 2.44. The molecule has 9 heteroatoms. The van der Waals surface area contributed by atoms with Crippen molar-refractivity contribution in [1.29, 1.82) is 0 Å². The van der Waals surface area contributed by atoms with Gasteiger partial charge in [-0.1, -0.05) is 18.1 Å². The molecule has 150 valence electrons. The molecule has 2 rings (SSSR count). The Morgan fingerprint density at radius 2 is 2.04 bits per heavy atom. The lowest BCUT2D eigenvalue weighted by Crippen LogP contribution is -2.37. The minimum Gasteiger partial charge on any atom is -0.497 e. The molecule has 0 spiro atoms. The maximum Gasteiger partial charge on any atom is 0.344 e. The summed E-state index contributed by atoms with van der Waals surface area (Å²) in [5, 5.41) is 6.45. The predicted octanol–water partition coefficient (Wildman–Crippen LogP) is 1.81. The van der Waals surface area contributed by atoms with E-state index in [4.69, 9.17) is 14.0 Å². The molecule has 0 saturated carbocycles. The lowest BCUT2D eigenvalue weighted by molar-refractivity contribution is -0.136. The van der Waals surface area contributed by atoms with Crippen LogP contribution in [0, 0.1) is 6.92 Å². The molecule has 0 saturated heterocycles. The van der Waals surface area contributed by atoms with Gasteiger partial charge in [-0.3, -0.25) is 9.59 Å². The number of carbonyl (C=O) groups is 3. The van der Waals surface area contributed by atoms with Gasteiger partial charge in [0.05, 0.1) is 19.3 Å². The number of aromatic nitrogens is 1. The highest BCUT2D eigenvalue weighted by atomic mass is 16.5. The van der Waals surface area contributed by atoms with Gasteiger partial charge in [0.15, 0.2) is 6.61 Å². The van der Waals surface area contributed by atoms with Crippen molar-refractivity contribution < 1.29 is 28.4 Å². The molecule has 1 aromatic heterocycles. The Morgan fingerprint density at radius 3 is 2.71 bits per heavy atom.